The number of pyridine rings is 1. The highest BCUT2D eigenvalue weighted by atomic mass is 15.2. The van der Waals surface area contributed by atoms with Crippen LogP contribution < -0.4 is 0 Å². The van der Waals surface area contributed by atoms with Crippen LogP contribution in [-0.4, -0.2) is 23.0 Å². The Hall–Kier alpha value is -1.96. The van der Waals surface area contributed by atoms with E-state index in [1.807, 2.05) is 24.5 Å². The number of rotatable bonds is 1. The molecule has 0 bridgehead atoms. The van der Waals surface area contributed by atoms with Crippen molar-refractivity contribution >= 4 is 6.08 Å². The molecule has 1 aromatic rings. The summed E-state index contributed by atoms with van der Waals surface area (Å²) in [6.45, 7) is 4.25. The molecule has 2 aliphatic rings. The Labute approximate surface area is 102 Å². The number of allylic oxidation sites excluding steroid dienone is 1. The average Bonchev–Trinajstić information content (AvgIpc) is 2.68. The molecule has 1 aromatic heterocycles. The third-order valence-corrected chi connectivity index (χ3v) is 3.33. The number of aromatic nitrogens is 1. The summed E-state index contributed by atoms with van der Waals surface area (Å²) < 4.78 is 0. The maximum absolute atomic E-state index is 4.04. The molecule has 0 spiro atoms. The van der Waals surface area contributed by atoms with Crippen molar-refractivity contribution in [2.75, 3.05) is 13.1 Å². The van der Waals surface area contributed by atoms with Crippen molar-refractivity contribution in [2.45, 2.75) is 6.92 Å². The molecule has 0 saturated carbocycles. The van der Waals surface area contributed by atoms with Crippen molar-refractivity contribution in [3.05, 3.63) is 65.5 Å². The molecule has 0 aliphatic carbocycles. The van der Waals surface area contributed by atoms with Gasteiger partial charge < -0.3 is 4.90 Å². The molecule has 0 amide bonds. The molecule has 2 nitrogen and oxygen atoms in total. The normalized spacial score (nSPS) is 20.8. The molecule has 0 radical (unpaired) electrons. The van der Waals surface area contributed by atoms with Crippen molar-refractivity contribution in [1.82, 2.24) is 9.88 Å². The third-order valence-electron chi connectivity index (χ3n) is 3.33. The van der Waals surface area contributed by atoms with E-state index in [4.69, 9.17) is 0 Å². The van der Waals surface area contributed by atoms with Crippen LogP contribution in [0.25, 0.3) is 6.08 Å². The van der Waals surface area contributed by atoms with E-state index >= 15 is 0 Å². The third kappa shape index (κ3) is 1.86. The van der Waals surface area contributed by atoms with E-state index < -0.39 is 0 Å². The number of nitrogens with zero attached hydrogens (tertiary/aromatic N) is 2. The SMILES string of the molecule is CC1=C2[CH+]C=CCN2CC1=Cc1ccncc1. The van der Waals surface area contributed by atoms with E-state index in [0.29, 0.717) is 0 Å². The van der Waals surface area contributed by atoms with Crippen LogP contribution in [0.15, 0.2) is 53.5 Å². The van der Waals surface area contributed by atoms with Crippen molar-refractivity contribution in [3.63, 3.8) is 0 Å². The standard InChI is InChI=1S/C15H15N2/c1-12-14(10-13-5-7-16-8-6-13)11-17-9-3-2-4-15(12)17/h2-8,10H,9,11H2,1H3/q+1. The van der Waals surface area contributed by atoms with Gasteiger partial charge in [-0.2, -0.15) is 0 Å². The lowest BCUT2D eigenvalue weighted by Crippen LogP contribution is -2.22. The molecule has 0 aromatic carbocycles. The lowest BCUT2D eigenvalue weighted by atomic mass is 10.1. The van der Waals surface area contributed by atoms with E-state index in [1.165, 1.54) is 22.4 Å². The quantitative estimate of drug-likeness (QED) is 0.681. The second kappa shape index (κ2) is 4.13. The maximum Gasteiger partial charge on any atom is 0.153 e. The zero-order chi connectivity index (χ0) is 11.7. The van der Waals surface area contributed by atoms with E-state index in [0.717, 1.165) is 13.1 Å². The molecular weight excluding hydrogens is 208 g/mol. The highest BCUT2D eigenvalue weighted by molar-refractivity contribution is 5.62. The predicted octanol–water partition coefficient (Wildman–Crippen LogP) is 2.83. The molecule has 0 atom stereocenters. The summed E-state index contributed by atoms with van der Waals surface area (Å²) in [5.74, 6) is 0. The van der Waals surface area contributed by atoms with Gasteiger partial charge in [0.15, 0.2) is 5.70 Å². The van der Waals surface area contributed by atoms with E-state index in [2.05, 4.69) is 41.5 Å². The van der Waals surface area contributed by atoms with Crippen LogP contribution in [0.4, 0.5) is 0 Å². The van der Waals surface area contributed by atoms with Crippen molar-refractivity contribution in [3.8, 4) is 0 Å². The first-order chi connectivity index (χ1) is 8.34. The first-order valence-electron chi connectivity index (χ1n) is 5.91. The van der Waals surface area contributed by atoms with Crippen molar-refractivity contribution in [1.29, 1.82) is 0 Å². The Bertz CT molecular complexity index is 509. The van der Waals surface area contributed by atoms with E-state index in [-0.39, 0.29) is 0 Å². The Morgan fingerprint density at radius 2 is 2.18 bits per heavy atom. The van der Waals surface area contributed by atoms with Gasteiger partial charge in [-0.25, -0.2) is 0 Å². The Kier molecular flexibility index (Phi) is 2.48. The summed E-state index contributed by atoms with van der Waals surface area (Å²) in [6, 6.07) is 4.09. The minimum atomic E-state index is 1.02. The molecular formula is C15H15N2+. The van der Waals surface area contributed by atoms with Gasteiger partial charge in [-0.15, -0.1) is 0 Å². The van der Waals surface area contributed by atoms with Crippen LogP contribution in [0.5, 0.6) is 0 Å². The minimum absolute atomic E-state index is 1.02. The minimum Gasteiger partial charge on any atom is -0.329 e. The van der Waals surface area contributed by atoms with Gasteiger partial charge in [-0.05, 0) is 23.8 Å². The van der Waals surface area contributed by atoms with Crippen LogP contribution in [0.2, 0.25) is 0 Å². The average molecular weight is 223 g/mol. The monoisotopic (exact) mass is 223 g/mol. The zero-order valence-corrected chi connectivity index (χ0v) is 9.93. The van der Waals surface area contributed by atoms with E-state index in [9.17, 15) is 0 Å². The van der Waals surface area contributed by atoms with Gasteiger partial charge >= 0.3 is 0 Å². The van der Waals surface area contributed by atoms with Crippen LogP contribution >= 0.6 is 0 Å². The second-order valence-electron chi connectivity index (χ2n) is 4.44. The summed E-state index contributed by atoms with van der Waals surface area (Å²) in [4.78, 5) is 6.45. The van der Waals surface area contributed by atoms with Crippen molar-refractivity contribution < 1.29 is 0 Å². The van der Waals surface area contributed by atoms with Gasteiger partial charge in [0.05, 0.1) is 25.1 Å². The summed E-state index contributed by atoms with van der Waals surface area (Å²) >= 11 is 0. The molecule has 17 heavy (non-hydrogen) atoms. The molecule has 0 unspecified atom stereocenters. The summed E-state index contributed by atoms with van der Waals surface area (Å²) in [5.41, 5.74) is 5.40. The van der Waals surface area contributed by atoms with Gasteiger partial charge in [-0.1, -0.05) is 0 Å². The largest absolute Gasteiger partial charge is 0.329 e. The van der Waals surface area contributed by atoms with Gasteiger partial charge in [-0.3, -0.25) is 4.98 Å². The number of hydrogen-bond acceptors (Lipinski definition) is 2. The lowest BCUT2D eigenvalue weighted by Gasteiger charge is -2.16. The topological polar surface area (TPSA) is 16.1 Å². The lowest BCUT2D eigenvalue weighted by molar-refractivity contribution is 0.436. The molecule has 0 saturated heterocycles. The molecule has 0 fully saturated rings. The fraction of sp³-hybridized carbons (Fsp3) is 0.200. The van der Waals surface area contributed by atoms with E-state index in [1.54, 1.807) is 0 Å². The van der Waals surface area contributed by atoms with Gasteiger partial charge in [0.1, 0.15) is 0 Å². The Morgan fingerprint density at radius 3 is 2.94 bits per heavy atom. The summed E-state index contributed by atoms with van der Waals surface area (Å²) in [7, 11) is 0. The first-order valence-corrected chi connectivity index (χ1v) is 5.91. The zero-order valence-electron chi connectivity index (χ0n) is 9.93. The maximum atomic E-state index is 4.04. The Balaban J connectivity index is 1.93. The molecule has 2 heteroatoms. The number of hydrogen-bond donors (Lipinski definition) is 0. The predicted molar refractivity (Wildman–Crippen MR) is 69.9 cm³/mol. The summed E-state index contributed by atoms with van der Waals surface area (Å²) in [6.07, 6.45) is 12.5. The van der Waals surface area contributed by atoms with Crippen LogP contribution in [0.3, 0.4) is 0 Å². The summed E-state index contributed by atoms with van der Waals surface area (Å²) in [5, 5.41) is 0. The second-order valence-corrected chi connectivity index (χ2v) is 4.44. The molecule has 2 aliphatic heterocycles. The molecule has 84 valence electrons. The fourth-order valence-corrected chi connectivity index (χ4v) is 2.37. The fourth-order valence-electron chi connectivity index (χ4n) is 2.37. The highest BCUT2D eigenvalue weighted by Crippen LogP contribution is 2.32. The number of fused-ring (bicyclic) bond motifs is 1. The van der Waals surface area contributed by atoms with Crippen LogP contribution in [0.1, 0.15) is 12.5 Å². The highest BCUT2D eigenvalue weighted by Gasteiger charge is 2.30. The smallest absolute Gasteiger partial charge is 0.153 e. The first kappa shape index (κ1) is 10.2. The van der Waals surface area contributed by atoms with Gasteiger partial charge in [0.25, 0.3) is 0 Å². The van der Waals surface area contributed by atoms with Crippen LogP contribution in [0, 0.1) is 6.42 Å². The Morgan fingerprint density at radius 1 is 1.35 bits per heavy atom. The van der Waals surface area contributed by atoms with Gasteiger partial charge in [0, 0.05) is 37.0 Å². The molecule has 0 N–H and O–H groups in total. The van der Waals surface area contributed by atoms with Crippen LogP contribution in [-0.2, 0) is 0 Å². The molecule has 3 heterocycles. The van der Waals surface area contributed by atoms with Crippen molar-refractivity contribution in [2.24, 2.45) is 0 Å². The van der Waals surface area contributed by atoms with Gasteiger partial charge in [0.2, 0.25) is 0 Å². The molecule has 3 rings (SSSR count).